The third kappa shape index (κ3) is 5.36. The van der Waals surface area contributed by atoms with E-state index in [1.807, 2.05) is 0 Å². The Kier molecular flexibility index (Phi) is 7.46. The molecule has 0 amide bonds. The average Bonchev–Trinajstić information content (AvgIpc) is 3.59. The van der Waals surface area contributed by atoms with Crippen LogP contribution in [0.3, 0.4) is 0 Å². The Bertz CT molecular complexity index is 2670. The first kappa shape index (κ1) is 30.4. The van der Waals surface area contributed by atoms with E-state index in [4.69, 9.17) is 4.42 Å². The molecule has 2 nitrogen and oxygen atoms in total. The van der Waals surface area contributed by atoms with Crippen LogP contribution in [0, 0.1) is 0 Å². The molecule has 2 heteroatoms. The molecule has 52 heavy (non-hydrogen) atoms. The number of nitrogens with zero attached hydrogens (tertiary/aromatic N) is 1. The molecular weight excluding hydrogens is 631 g/mol. The second-order valence-electron chi connectivity index (χ2n) is 13.9. The van der Waals surface area contributed by atoms with E-state index in [0.717, 1.165) is 48.6 Å². The molecule has 8 aromatic rings. The van der Waals surface area contributed by atoms with Gasteiger partial charge in [0.05, 0.1) is 5.69 Å². The van der Waals surface area contributed by atoms with Crippen LogP contribution in [0.2, 0.25) is 0 Å². The molecule has 1 aromatic heterocycles. The highest BCUT2D eigenvalue weighted by atomic mass is 16.3. The zero-order chi connectivity index (χ0) is 34.4. The second-order valence-corrected chi connectivity index (χ2v) is 13.9. The quantitative estimate of drug-likeness (QED) is 0.175. The Balaban J connectivity index is 1.18. The van der Waals surface area contributed by atoms with Crippen LogP contribution >= 0.6 is 0 Å². The molecule has 0 unspecified atom stereocenters. The summed E-state index contributed by atoms with van der Waals surface area (Å²) >= 11 is 0. The van der Waals surface area contributed by atoms with Gasteiger partial charge < -0.3 is 9.32 Å². The molecule has 0 atom stereocenters. The van der Waals surface area contributed by atoms with Gasteiger partial charge >= 0.3 is 0 Å². The maximum Gasteiger partial charge on any atom is 0.112 e. The van der Waals surface area contributed by atoms with Gasteiger partial charge in [0.1, 0.15) is 11.5 Å². The number of benzene rings is 7. The SMILES string of the molecule is C1=Cc2c(oc3c2C=C(N(c2ccc(-c4cccc5ccccc45)cc2)c2cc(-c4ccc5ccccc5c4)ccc2-c2ccccc2)CC3)CC1. The van der Waals surface area contributed by atoms with Crippen molar-refractivity contribution < 1.29 is 4.42 Å². The molecule has 0 fully saturated rings. The third-order valence-corrected chi connectivity index (χ3v) is 10.8. The van der Waals surface area contributed by atoms with E-state index in [0.29, 0.717) is 0 Å². The van der Waals surface area contributed by atoms with Crippen LogP contribution in [-0.4, -0.2) is 0 Å². The van der Waals surface area contributed by atoms with Crippen LogP contribution < -0.4 is 4.90 Å². The molecule has 248 valence electrons. The minimum atomic E-state index is 0.873. The second kappa shape index (κ2) is 12.7. The molecule has 0 saturated carbocycles. The lowest BCUT2D eigenvalue weighted by atomic mass is 9.92. The van der Waals surface area contributed by atoms with E-state index in [1.165, 1.54) is 71.7 Å². The fourth-order valence-electron chi connectivity index (χ4n) is 8.20. The van der Waals surface area contributed by atoms with E-state index in [2.05, 4.69) is 181 Å². The van der Waals surface area contributed by atoms with Crippen molar-refractivity contribution in [3.63, 3.8) is 0 Å². The smallest absolute Gasteiger partial charge is 0.112 e. The van der Waals surface area contributed by atoms with Crippen LogP contribution in [0.1, 0.15) is 35.5 Å². The Morgan fingerprint density at radius 2 is 1.15 bits per heavy atom. The highest BCUT2D eigenvalue weighted by molar-refractivity contribution is 5.97. The Morgan fingerprint density at radius 3 is 2.04 bits per heavy atom. The van der Waals surface area contributed by atoms with E-state index < -0.39 is 0 Å². The van der Waals surface area contributed by atoms with Gasteiger partial charge in [-0.1, -0.05) is 146 Å². The number of anilines is 2. The molecule has 2 aliphatic carbocycles. The highest BCUT2D eigenvalue weighted by Crippen LogP contribution is 2.45. The molecule has 0 N–H and O–H groups in total. The summed E-state index contributed by atoms with van der Waals surface area (Å²) in [5, 5.41) is 5.02. The number of furan rings is 1. The van der Waals surface area contributed by atoms with Gasteiger partial charge in [-0.05, 0) is 92.5 Å². The predicted octanol–water partition coefficient (Wildman–Crippen LogP) is 13.7. The van der Waals surface area contributed by atoms with Crippen molar-refractivity contribution in [3.05, 3.63) is 192 Å². The van der Waals surface area contributed by atoms with Crippen molar-refractivity contribution >= 4 is 45.1 Å². The number of allylic oxidation sites excluding steroid dienone is 2. The fourth-order valence-corrected chi connectivity index (χ4v) is 8.20. The maximum atomic E-state index is 6.46. The molecule has 0 spiro atoms. The molecule has 1 heterocycles. The van der Waals surface area contributed by atoms with Crippen molar-refractivity contribution in [2.45, 2.75) is 25.7 Å². The predicted molar refractivity (Wildman–Crippen MR) is 219 cm³/mol. The van der Waals surface area contributed by atoms with Gasteiger partial charge in [0, 0.05) is 40.9 Å². The Hall–Kier alpha value is -6.38. The lowest BCUT2D eigenvalue weighted by Crippen LogP contribution is -2.20. The highest BCUT2D eigenvalue weighted by Gasteiger charge is 2.27. The van der Waals surface area contributed by atoms with E-state index in [-0.39, 0.29) is 0 Å². The number of rotatable bonds is 6. The Morgan fingerprint density at radius 1 is 0.462 bits per heavy atom. The Labute approximate surface area is 304 Å². The van der Waals surface area contributed by atoms with E-state index in [9.17, 15) is 0 Å². The summed E-state index contributed by atoms with van der Waals surface area (Å²) in [5.74, 6) is 2.24. The van der Waals surface area contributed by atoms with Gasteiger partial charge in [0.2, 0.25) is 0 Å². The van der Waals surface area contributed by atoms with Gasteiger partial charge in [-0.2, -0.15) is 0 Å². The molecule has 10 rings (SSSR count). The first-order chi connectivity index (χ1) is 25.8. The van der Waals surface area contributed by atoms with E-state index in [1.54, 1.807) is 0 Å². The van der Waals surface area contributed by atoms with Gasteiger partial charge in [0.25, 0.3) is 0 Å². The summed E-state index contributed by atoms with van der Waals surface area (Å²) in [6.07, 6.45) is 10.7. The van der Waals surface area contributed by atoms with Crippen LogP contribution in [0.25, 0.3) is 67.1 Å². The van der Waals surface area contributed by atoms with E-state index >= 15 is 0 Å². The summed E-state index contributed by atoms with van der Waals surface area (Å²) < 4.78 is 6.46. The lowest BCUT2D eigenvalue weighted by molar-refractivity contribution is 0.460. The number of fused-ring (bicyclic) bond motifs is 5. The molecule has 2 aliphatic rings. The van der Waals surface area contributed by atoms with Crippen LogP contribution in [0.5, 0.6) is 0 Å². The minimum Gasteiger partial charge on any atom is -0.465 e. The number of aryl methyl sites for hydroxylation is 2. The van der Waals surface area contributed by atoms with Crippen LogP contribution in [0.15, 0.2) is 174 Å². The van der Waals surface area contributed by atoms with Gasteiger partial charge in [0.15, 0.2) is 0 Å². The third-order valence-electron chi connectivity index (χ3n) is 10.8. The zero-order valence-corrected chi connectivity index (χ0v) is 28.9. The van der Waals surface area contributed by atoms with Gasteiger partial charge in [-0.3, -0.25) is 0 Å². The molecule has 0 saturated heterocycles. The molecule has 0 radical (unpaired) electrons. The number of hydrogen-bond donors (Lipinski definition) is 0. The summed E-state index contributed by atoms with van der Waals surface area (Å²) in [7, 11) is 0. The maximum absolute atomic E-state index is 6.46. The normalized spacial score (nSPS) is 13.5. The fraction of sp³-hybridized carbons (Fsp3) is 0.0800. The van der Waals surface area contributed by atoms with Gasteiger partial charge in [-0.15, -0.1) is 0 Å². The van der Waals surface area contributed by atoms with Crippen molar-refractivity contribution in [3.8, 4) is 33.4 Å². The average molecular weight is 668 g/mol. The summed E-state index contributed by atoms with van der Waals surface area (Å²) in [5.41, 5.74) is 13.3. The number of hydrogen-bond acceptors (Lipinski definition) is 2. The standard InChI is InChI=1S/C50H37NO/c1-2-12-36(13-3-1)45-29-25-40(39-22-21-34-11-4-5-15-38(34)31-39)32-48(45)51(42-28-30-50-47(33-42)46-18-8-9-20-49(46)52-50)41-26-23-37(24-27-41)44-19-10-16-35-14-6-7-17-43(35)44/h1-8,10-19,21-27,29,31-33H,9,20,28,30H2. The van der Waals surface area contributed by atoms with Crippen molar-refractivity contribution in [2.75, 3.05) is 4.90 Å². The first-order valence-electron chi connectivity index (χ1n) is 18.4. The minimum absolute atomic E-state index is 0.873. The van der Waals surface area contributed by atoms with Crippen LogP contribution in [0.4, 0.5) is 11.4 Å². The van der Waals surface area contributed by atoms with Crippen LogP contribution in [-0.2, 0) is 12.8 Å². The summed E-state index contributed by atoms with van der Waals surface area (Å²) in [4.78, 5) is 2.51. The van der Waals surface area contributed by atoms with Crippen molar-refractivity contribution in [2.24, 2.45) is 0 Å². The lowest BCUT2D eigenvalue weighted by Gasteiger charge is -2.32. The molecular formula is C50H37NO. The molecule has 7 aromatic carbocycles. The first-order valence-corrected chi connectivity index (χ1v) is 18.4. The topological polar surface area (TPSA) is 16.4 Å². The molecule has 0 aliphatic heterocycles. The van der Waals surface area contributed by atoms with Crippen molar-refractivity contribution in [1.82, 2.24) is 0 Å². The summed E-state index contributed by atoms with van der Waals surface area (Å²) in [6, 6.07) is 57.6. The van der Waals surface area contributed by atoms with Crippen molar-refractivity contribution in [1.29, 1.82) is 0 Å². The monoisotopic (exact) mass is 667 g/mol. The zero-order valence-electron chi connectivity index (χ0n) is 28.9. The summed E-state index contributed by atoms with van der Waals surface area (Å²) in [6.45, 7) is 0. The largest absolute Gasteiger partial charge is 0.465 e. The van der Waals surface area contributed by atoms with Gasteiger partial charge in [-0.25, -0.2) is 0 Å². The molecule has 0 bridgehead atoms.